The van der Waals surface area contributed by atoms with Crippen LogP contribution in [-0.4, -0.2) is 30.1 Å². The number of sulfonamides is 1. The smallest absolute Gasteiger partial charge is 0.240 e. The number of aryl methyl sites for hydroxylation is 2. The summed E-state index contributed by atoms with van der Waals surface area (Å²) in [6.07, 6.45) is 4.59. The Kier molecular flexibility index (Phi) is 4.35. The predicted molar refractivity (Wildman–Crippen MR) is 75.5 cm³/mol. The third-order valence-corrected chi connectivity index (χ3v) is 4.37. The lowest BCUT2D eigenvalue weighted by Crippen LogP contribution is -2.25. The number of nitrogens with zero attached hydrogens (tertiary/aromatic N) is 2. The summed E-state index contributed by atoms with van der Waals surface area (Å²) in [5.41, 5.74) is 7.58. The van der Waals surface area contributed by atoms with Gasteiger partial charge < -0.3 is 5.73 Å². The largest absolute Gasteiger partial charge is 0.384 e. The van der Waals surface area contributed by atoms with Gasteiger partial charge in [-0.25, -0.2) is 18.1 Å². The number of nitrogen functional groups attached to an aromatic ring is 1. The Labute approximate surface area is 117 Å². The van der Waals surface area contributed by atoms with E-state index in [-0.39, 0.29) is 10.7 Å². The molecule has 0 aliphatic heterocycles. The number of aromatic nitrogens is 3. The Morgan fingerprint density at radius 2 is 2.25 bits per heavy atom. The third kappa shape index (κ3) is 3.55. The fourth-order valence-electron chi connectivity index (χ4n) is 1.79. The molecule has 0 aliphatic rings. The Morgan fingerprint density at radius 3 is 2.90 bits per heavy atom. The van der Waals surface area contributed by atoms with E-state index < -0.39 is 10.0 Å². The summed E-state index contributed by atoms with van der Waals surface area (Å²) >= 11 is 0. The first kappa shape index (κ1) is 14.5. The molecule has 0 radical (unpaired) electrons. The molecule has 108 valence electrons. The third-order valence-electron chi connectivity index (χ3n) is 2.91. The van der Waals surface area contributed by atoms with E-state index in [1.807, 2.05) is 6.92 Å². The van der Waals surface area contributed by atoms with Gasteiger partial charge in [-0.2, -0.15) is 5.10 Å². The molecule has 0 spiro atoms. The Hall–Kier alpha value is -1.93. The number of hydrogen-bond donors (Lipinski definition) is 3. The minimum absolute atomic E-state index is 0.129. The molecule has 0 bridgehead atoms. The molecule has 0 unspecified atom stereocenters. The fourth-order valence-corrected chi connectivity index (χ4v) is 2.89. The molecule has 0 saturated heterocycles. The standard InChI is InChI=1S/C12H17N5O2S/c1-9-10(8-15-17-9)3-2-5-16-20(18,19)11-4-6-14-12(13)7-11/h4,6-8,16H,2-3,5H2,1H3,(H2,13,14)(H,15,17). The van der Waals surface area contributed by atoms with Gasteiger partial charge in [-0.05, 0) is 31.4 Å². The first-order valence-electron chi connectivity index (χ1n) is 6.19. The fraction of sp³-hybridized carbons (Fsp3) is 0.333. The lowest BCUT2D eigenvalue weighted by molar-refractivity contribution is 0.579. The molecule has 4 N–H and O–H groups in total. The summed E-state index contributed by atoms with van der Waals surface area (Å²) < 4.78 is 26.5. The Bertz CT molecular complexity index is 681. The van der Waals surface area contributed by atoms with E-state index in [9.17, 15) is 8.42 Å². The van der Waals surface area contributed by atoms with E-state index in [0.29, 0.717) is 13.0 Å². The summed E-state index contributed by atoms with van der Waals surface area (Å²) in [6, 6.07) is 2.75. The van der Waals surface area contributed by atoms with E-state index >= 15 is 0 Å². The molecule has 0 aromatic carbocycles. The molecule has 2 heterocycles. The van der Waals surface area contributed by atoms with E-state index in [4.69, 9.17) is 5.73 Å². The second-order valence-corrected chi connectivity index (χ2v) is 6.20. The number of pyridine rings is 1. The first-order valence-corrected chi connectivity index (χ1v) is 7.67. The van der Waals surface area contributed by atoms with Crippen LogP contribution in [0.25, 0.3) is 0 Å². The second-order valence-electron chi connectivity index (χ2n) is 4.44. The number of nitrogens with two attached hydrogens (primary N) is 1. The number of hydrogen-bond acceptors (Lipinski definition) is 5. The molecule has 8 heteroatoms. The highest BCUT2D eigenvalue weighted by atomic mass is 32.2. The van der Waals surface area contributed by atoms with Crippen LogP contribution in [-0.2, 0) is 16.4 Å². The molecule has 0 fully saturated rings. The van der Waals surface area contributed by atoms with Gasteiger partial charge in [0.25, 0.3) is 0 Å². The highest BCUT2D eigenvalue weighted by Crippen LogP contribution is 2.10. The van der Waals surface area contributed by atoms with Crippen LogP contribution >= 0.6 is 0 Å². The van der Waals surface area contributed by atoms with Crippen molar-refractivity contribution in [2.75, 3.05) is 12.3 Å². The van der Waals surface area contributed by atoms with E-state index in [0.717, 1.165) is 17.7 Å². The van der Waals surface area contributed by atoms with E-state index in [1.165, 1.54) is 18.3 Å². The van der Waals surface area contributed by atoms with Gasteiger partial charge in [0.15, 0.2) is 0 Å². The number of nitrogens with one attached hydrogen (secondary N) is 2. The van der Waals surface area contributed by atoms with Crippen LogP contribution in [0, 0.1) is 6.92 Å². The molecule has 0 atom stereocenters. The summed E-state index contributed by atoms with van der Waals surface area (Å²) in [5, 5.41) is 6.77. The molecule has 0 aliphatic carbocycles. The van der Waals surface area contributed by atoms with Crippen LogP contribution in [0.1, 0.15) is 17.7 Å². The zero-order chi connectivity index (χ0) is 14.6. The van der Waals surface area contributed by atoms with Gasteiger partial charge >= 0.3 is 0 Å². The van der Waals surface area contributed by atoms with Gasteiger partial charge in [0.1, 0.15) is 5.82 Å². The maximum atomic E-state index is 12.0. The van der Waals surface area contributed by atoms with Crippen LogP contribution in [0.2, 0.25) is 0 Å². The van der Waals surface area contributed by atoms with Crippen LogP contribution in [0.3, 0.4) is 0 Å². The van der Waals surface area contributed by atoms with Gasteiger partial charge in [0, 0.05) is 24.5 Å². The molecule has 0 saturated carbocycles. The van der Waals surface area contributed by atoms with Gasteiger partial charge in [-0.1, -0.05) is 0 Å². The number of aromatic amines is 1. The highest BCUT2D eigenvalue weighted by Gasteiger charge is 2.13. The summed E-state index contributed by atoms with van der Waals surface area (Å²) in [4.78, 5) is 3.90. The SMILES string of the molecule is Cc1[nH]ncc1CCCNS(=O)(=O)c1ccnc(N)c1. The minimum Gasteiger partial charge on any atom is -0.384 e. The lowest BCUT2D eigenvalue weighted by Gasteiger charge is -2.06. The molecule has 20 heavy (non-hydrogen) atoms. The molecule has 2 aromatic heterocycles. The first-order chi connectivity index (χ1) is 9.49. The van der Waals surface area contributed by atoms with Crippen molar-refractivity contribution in [3.8, 4) is 0 Å². The topological polar surface area (TPSA) is 114 Å². The van der Waals surface area contributed by atoms with Gasteiger partial charge in [0.05, 0.1) is 11.1 Å². The lowest BCUT2D eigenvalue weighted by atomic mass is 10.1. The summed E-state index contributed by atoms with van der Waals surface area (Å²) in [7, 11) is -3.53. The maximum absolute atomic E-state index is 12.0. The van der Waals surface area contributed by atoms with Crippen molar-refractivity contribution in [1.82, 2.24) is 19.9 Å². The van der Waals surface area contributed by atoms with Crippen molar-refractivity contribution in [2.24, 2.45) is 0 Å². The second kappa shape index (κ2) is 6.02. The normalized spacial score (nSPS) is 11.7. The molecular formula is C12H17N5O2S. The van der Waals surface area contributed by atoms with Crippen molar-refractivity contribution < 1.29 is 8.42 Å². The zero-order valence-corrected chi connectivity index (χ0v) is 11.9. The summed E-state index contributed by atoms with van der Waals surface area (Å²) in [5.74, 6) is 0.182. The van der Waals surface area contributed by atoms with Gasteiger partial charge in [-0.15, -0.1) is 0 Å². The van der Waals surface area contributed by atoms with Crippen molar-refractivity contribution in [3.05, 3.63) is 35.8 Å². The van der Waals surface area contributed by atoms with Crippen molar-refractivity contribution in [1.29, 1.82) is 0 Å². The number of rotatable bonds is 6. The Balaban J connectivity index is 1.89. The van der Waals surface area contributed by atoms with E-state index in [1.54, 1.807) is 6.20 Å². The summed E-state index contributed by atoms with van der Waals surface area (Å²) in [6.45, 7) is 2.29. The predicted octanol–water partition coefficient (Wildman–Crippen LogP) is 0.606. The van der Waals surface area contributed by atoms with Crippen molar-refractivity contribution in [3.63, 3.8) is 0 Å². The molecule has 7 nitrogen and oxygen atoms in total. The molecule has 0 amide bonds. The van der Waals surface area contributed by atoms with Crippen LogP contribution in [0.4, 0.5) is 5.82 Å². The molecule has 2 rings (SSSR count). The monoisotopic (exact) mass is 295 g/mol. The average molecular weight is 295 g/mol. The van der Waals surface area contributed by atoms with Crippen molar-refractivity contribution >= 4 is 15.8 Å². The van der Waals surface area contributed by atoms with Crippen LogP contribution in [0.5, 0.6) is 0 Å². The number of H-pyrrole nitrogens is 1. The van der Waals surface area contributed by atoms with Gasteiger partial charge in [-0.3, -0.25) is 5.10 Å². The van der Waals surface area contributed by atoms with Crippen LogP contribution < -0.4 is 10.5 Å². The molecule has 2 aromatic rings. The van der Waals surface area contributed by atoms with Crippen LogP contribution in [0.15, 0.2) is 29.4 Å². The maximum Gasteiger partial charge on any atom is 0.240 e. The Morgan fingerprint density at radius 1 is 1.45 bits per heavy atom. The quantitative estimate of drug-likeness (QED) is 0.675. The highest BCUT2D eigenvalue weighted by molar-refractivity contribution is 7.89. The number of anilines is 1. The van der Waals surface area contributed by atoms with E-state index in [2.05, 4.69) is 19.9 Å². The van der Waals surface area contributed by atoms with Crippen molar-refractivity contribution in [2.45, 2.75) is 24.7 Å². The molecular weight excluding hydrogens is 278 g/mol. The average Bonchev–Trinajstić information content (AvgIpc) is 2.80. The minimum atomic E-state index is -3.53. The zero-order valence-electron chi connectivity index (χ0n) is 11.1. The van der Waals surface area contributed by atoms with Gasteiger partial charge in [0.2, 0.25) is 10.0 Å².